The van der Waals surface area contributed by atoms with E-state index in [-0.39, 0.29) is 5.91 Å². The van der Waals surface area contributed by atoms with E-state index in [9.17, 15) is 4.79 Å². The Bertz CT molecular complexity index is 1260. The number of thiazole rings is 1. The largest absolute Gasteiger partial charge is 0.299 e. The summed E-state index contributed by atoms with van der Waals surface area (Å²) in [7, 11) is 0. The molecule has 0 fully saturated rings. The number of hydrogen-bond donors (Lipinski definition) is 1. The molecule has 0 atom stereocenters. The molecule has 1 N–H and O–H groups in total. The molecule has 6 nitrogen and oxygen atoms in total. The van der Waals surface area contributed by atoms with Crippen molar-refractivity contribution < 1.29 is 4.79 Å². The van der Waals surface area contributed by atoms with Gasteiger partial charge in [0.05, 0.1) is 11.4 Å². The lowest BCUT2D eigenvalue weighted by molar-refractivity contribution is -0.111. The molecule has 0 saturated carbocycles. The monoisotopic (exact) mass is 449 g/mol. The number of fused-ring (bicyclic) bond motifs is 2. The van der Waals surface area contributed by atoms with Crippen molar-refractivity contribution in [1.82, 2.24) is 19.3 Å². The highest BCUT2D eigenvalue weighted by molar-refractivity contribution is 7.15. The second kappa shape index (κ2) is 8.63. The Morgan fingerprint density at radius 2 is 2.00 bits per heavy atom. The molecule has 0 aliphatic carbocycles. The molecule has 8 heteroatoms. The highest BCUT2D eigenvalue weighted by atomic mass is 35.5. The lowest BCUT2D eigenvalue weighted by atomic mass is 10.1. The van der Waals surface area contributed by atoms with Gasteiger partial charge in [-0.25, -0.2) is 9.97 Å². The van der Waals surface area contributed by atoms with Crippen molar-refractivity contribution in [2.45, 2.75) is 19.5 Å². The molecular formula is C23H20ClN5OS. The van der Waals surface area contributed by atoms with E-state index < -0.39 is 0 Å². The molecule has 0 spiro atoms. The molecule has 0 radical (unpaired) electrons. The van der Waals surface area contributed by atoms with E-state index >= 15 is 0 Å². The maximum Gasteiger partial charge on any atom is 0.250 e. The zero-order chi connectivity index (χ0) is 21.2. The molecule has 4 aromatic rings. The molecule has 1 aliphatic rings. The Balaban J connectivity index is 1.25. The zero-order valence-electron chi connectivity index (χ0n) is 16.7. The molecule has 156 valence electrons. The van der Waals surface area contributed by atoms with Gasteiger partial charge in [-0.2, -0.15) is 0 Å². The van der Waals surface area contributed by atoms with Crippen LogP contribution in [0.3, 0.4) is 0 Å². The lowest BCUT2D eigenvalue weighted by Gasteiger charge is -2.25. The Morgan fingerprint density at radius 3 is 2.87 bits per heavy atom. The first-order valence-electron chi connectivity index (χ1n) is 10.0. The summed E-state index contributed by atoms with van der Waals surface area (Å²) in [6.45, 7) is 2.74. The van der Waals surface area contributed by atoms with Crippen LogP contribution < -0.4 is 5.32 Å². The average Bonchev–Trinajstić information content (AvgIpc) is 3.31. The smallest absolute Gasteiger partial charge is 0.250 e. The SMILES string of the molecule is O=C(/C=C/c1c(Cl)nc2ccccn12)Nc1nc2c(s1)CN(Cc1ccccc1)CC2. The topological polar surface area (TPSA) is 62.5 Å². The molecule has 1 aromatic carbocycles. The molecule has 31 heavy (non-hydrogen) atoms. The van der Waals surface area contributed by atoms with Gasteiger partial charge in [-0.1, -0.05) is 48.0 Å². The van der Waals surface area contributed by atoms with Crippen molar-refractivity contribution >= 4 is 45.7 Å². The predicted molar refractivity (Wildman–Crippen MR) is 124 cm³/mol. The summed E-state index contributed by atoms with van der Waals surface area (Å²) in [6.07, 6.45) is 5.89. The maximum absolute atomic E-state index is 12.5. The van der Waals surface area contributed by atoms with Gasteiger partial charge in [0, 0.05) is 43.2 Å². The number of nitrogens with one attached hydrogen (secondary N) is 1. The van der Waals surface area contributed by atoms with Gasteiger partial charge >= 0.3 is 0 Å². The number of rotatable bonds is 5. The van der Waals surface area contributed by atoms with E-state index in [1.807, 2.05) is 34.9 Å². The Labute approximate surface area is 188 Å². The first-order valence-corrected chi connectivity index (χ1v) is 11.2. The van der Waals surface area contributed by atoms with Crippen LogP contribution in [0.15, 0.2) is 60.8 Å². The van der Waals surface area contributed by atoms with Gasteiger partial charge in [-0.3, -0.25) is 19.4 Å². The van der Waals surface area contributed by atoms with Gasteiger partial charge in [-0.15, -0.1) is 11.3 Å². The third kappa shape index (κ3) is 4.39. The molecule has 3 aromatic heterocycles. The van der Waals surface area contributed by atoms with Crippen LogP contribution in [0.2, 0.25) is 5.15 Å². The molecular weight excluding hydrogens is 430 g/mol. The fourth-order valence-electron chi connectivity index (χ4n) is 3.72. The van der Waals surface area contributed by atoms with Gasteiger partial charge in [-0.05, 0) is 23.8 Å². The lowest BCUT2D eigenvalue weighted by Crippen LogP contribution is -2.29. The summed E-state index contributed by atoms with van der Waals surface area (Å²) in [5, 5.41) is 3.87. The van der Waals surface area contributed by atoms with E-state index in [1.54, 1.807) is 17.4 Å². The standard InChI is InChI=1S/C23H20ClN5OS/c24-22-18(29-12-5-4-8-20(29)26-22)9-10-21(30)27-23-25-17-11-13-28(15-19(17)31-23)14-16-6-2-1-3-7-16/h1-10,12H,11,13-15H2,(H,25,27,30)/b10-9+. The molecule has 5 rings (SSSR count). The van der Waals surface area contributed by atoms with E-state index in [2.05, 4.69) is 44.5 Å². The summed E-state index contributed by atoms with van der Waals surface area (Å²) in [5.74, 6) is -0.241. The predicted octanol–water partition coefficient (Wildman–Crippen LogP) is 4.65. The molecule has 0 unspecified atom stereocenters. The number of imidazole rings is 1. The zero-order valence-corrected chi connectivity index (χ0v) is 18.2. The molecule has 4 heterocycles. The van der Waals surface area contributed by atoms with Crippen LogP contribution >= 0.6 is 22.9 Å². The third-order valence-electron chi connectivity index (χ3n) is 5.20. The number of hydrogen-bond acceptors (Lipinski definition) is 5. The third-order valence-corrected chi connectivity index (χ3v) is 6.48. The maximum atomic E-state index is 12.5. The minimum Gasteiger partial charge on any atom is -0.299 e. The summed E-state index contributed by atoms with van der Waals surface area (Å²) < 4.78 is 1.84. The second-order valence-electron chi connectivity index (χ2n) is 7.37. The number of anilines is 1. The highest BCUT2D eigenvalue weighted by Crippen LogP contribution is 2.29. The van der Waals surface area contributed by atoms with E-state index in [4.69, 9.17) is 11.6 Å². The molecule has 0 bridgehead atoms. The molecule has 0 saturated heterocycles. The van der Waals surface area contributed by atoms with Crippen molar-refractivity contribution in [3.8, 4) is 0 Å². The number of nitrogens with zero attached hydrogens (tertiary/aromatic N) is 4. The van der Waals surface area contributed by atoms with Crippen LogP contribution in [0.5, 0.6) is 0 Å². The molecule has 1 amide bonds. The number of carbonyl (C=O) groups excluding carboxylic acids is 1. The van der Waals surface area contributed by atoms with Crippen molar-refractivity contribution in [1.29, 1.82) is 0 Å². The van der Waals surface area contributed by atoms with Crippen molar-refractivity contribution in [3.05, 3.63) is 87.8 Å². The summed E-state index contributed by atoms with van der Waals surface area (Å²) >= 11 is 7.77. The fourth-order valence-corrected chi connectivity index (χ4v) is 5.01. The van der Waals surface area contributed by atoms with E-state index in [1.165, 1.54) is 16.5 Å². The minimum atomic E-state index is -0.241. The van der Waals surface area contributed by atoms with E-state index in [0.717, 1.165) is 37.4 Å². The number of amides is 1. The van der Waals surface area contributed by atoms with Gasteiger partial charge in [0.1, 0.15) is 5.65 Å². The Hall–Kier alpha value is -3.00. The number of benzene rings is 1. The van der Waals surface area contributed by atoms with Crippen LogP contribution in [0.1, 0.15) is 21.8 Å². The summed E-state index contributed by atoms with van der Waals surface area (Å²) in [5.41, 5.74) is 3.79. The normalized spacial score (nSPS) is 14.2. The summed E-state index contributed by atoms with van der Waals surface area (Å²) in [4.78, 5) is 25.0. The van der Waals surface area contributed by atoms with Crippen LogP contribution in [0.25, 0.3) is 11.7 Å². The fraction of sp³-hybridized carbons (Fsp3) is 0.174. The van der Waals surface area contributed by atoms with Crippen LogP contribution in [-0.4, -0.2) is 31.7 Å². The Kier molecular flexibility index (Phi) is 5.55. The van der Waals surface area contributed by atoms with Crippen LogP contribution in [-0.2, 0) is 24.3 Å². The van der Waals surface area contributed by atoms with Gasteiger partial charge in [0.15, 0.2) is 10.3 Å². The quantitative estimate of drug-likeness (QED) is 0.450. The van der Waals surface area contributed by atoms with Crippen molar-refractivity contribution in [2.24, 2.45) is 0 Å². The highest BCUT2D eigenvalue weighted by Gasteiger charge is 2.21. The van der Waals surface area contributed by atoms with Crippen LogP contribution in [0.4, 0.5) is 5.13 Å². The van der Waals surface area contributed by atoms with Crippen molar-refractivity contribution in [2.75, 3.05) is 11.9 Å². The first kappa shape index (κ1) is 19.9. The number of carbonyl (C=O) groups is 1. The Morgan fingerprint density at radius 1 is 1.16 bits per heavy atom. The number of aromatic nitrogens is 3. The van der Waals surface area contributed by atoms with E-state index in [0.29, 0.717) is 16.0 Å². The van der Waals surface area contributed by atoms with Gasteiger partial charge in [0.25, 0.3) is 0 Å². The van der Waals surface area contributed by atoms with Gasteiger partial charge < -0.3 is 0 Å². The average molecular weight is 450 g/mol. The van der Waals surface area contributed by atoms with Crippen molar-refractivity contribution in [3.63, 3.8) is 0 Å². The second-order valence-corrected chi connectivity index (χ2v) is 8.82. The van der Waals surface area contributed by atoms with Crippen LogP contribution in [0, 0.1) is 0 Å². The molecule has 1 aliphatic heterocycles. The first-order chi connectivity index (χ1) is 15.2. The van der Waals surface area contributed by atoms with Gasteiger partial charge in [0.2, 0.25) is 5.91 Å². The minimum absolute atomic E-state index is 0.241. The summed E-state index contributed by atoms with van der Waals surface area (Å²) in [6, 6.07) is 16.1. The number of halogens is 1. The number of pyridine rings is 1.